The van der Waals surface area contributed by atoms with E-state index in [4.69, 9.17) is 9.47 Å². The Kier molecular flexibility index (Phi) is 5.85. The van der Waals surface area contributed by atoms with Crippen LogP contribution in [0.3, 0.4) is 0 Å². The van der Waals surface area contributed by atoms with E-state index in [1.807, 2.05) is 48.5 Å². The summed E-state index contributed by atoms with van der Waals surface area (Å²) in [4.78, 5) is 16.5. The van der Waals surface area contributed by atoms with Crippen LogP contribution in [0.2, 0.25) is 0 Å². The van der Waals surface area contributed by atoms with Crippen molar-refractivity contribution in [3.05, 3.63) is 78.4 Å². The number of aromatic nitrogens is 3. The highest BCUT2D eigenvalue weighted by Gasteiger charge is 2.14. The number of ether oxygens (including phenoxy) is 2. The Bertz CT molecular complexity index is 971. The average Bonchev–Trinajstić information content (AvgIpc) is 3.26. The topological polar surface area (TPSA) is 78.3 Å². The SMILES string of the molecule is O=C(/C=C/c1ccc2c(c1)OCCO2)NC(Cc1ccccc1)Cn1cncn1. The number of carbonyl (C=O) groups is 1. The summed E-state index contributed by atoms with van der Waals surface area (Å²) in [6.07, 6.45) is 7.13. The number of benzene rings is 2. The molecular formula is C22H22N4O3. The van der Waals surface area contributed by atoms with E-state index < -0.39 is 0 Å². The molecule has 0 aliphatic carbocycles. The van der Waals surface area contributed by atoms with Crippen molar-refractivity contribution in [2.45, 2.75) is 19.0 Å². The van der Waals surface area contributed by atoms with Crippen molar-refractivity contribution in [2.24, 2.45) is 0 Å². The molecule has 1 unspecified atom stereocenters. The van der Waals surface area contributed by atoms with Crippen molar-refractivity contribution in [1.82, 2.24) is 20.1 Å². The number of rotatable bonds is 7. The van der Waals surface area contributed by atoms with Gasteiger partial charge >= 0.3 is 0 Å². The molecular weight excluding hydrogens is 368 g/mol. The number of carbonyl (C=O) groups excluding carboxylic acids is 1. The molecule has 1 atom stereocenters. The molecule has 3 aromatic rings. The van der Waals surface area contributed by atoms with E-state index in [1.54, 1.807) is 17.1 Å². The zero-order valence-electron chi connectivity index (χ0n) is 15.9. The molecule has 148 valence electrons. The summed E-state index contributed by atoms with van der Waals surface area (Å²) in [7, 11) is 0. The van der Waals surface area contributed by atoms with E-state index in [2.05, 4.69) is 15.4 Å². The molecule has 4 rings (SSSR count). The van der Waals surface area contributed by atoms with Crippen LogP contribution in [0.1, 0.15) is 11.1 Å². The minimum Gasteiger partial charge on any atom is -0.486 e. The van der Waals surface area contributed by atoms with Gasteiger partial charge in [0.2, 0.25) is 5.91 Å². The Balaban J connectivity index is 1.42. The van der Waals surface area contributed by atoms with Gasteiger partial charge in [0.05, 0.1) is 12.6 Å². The molecule has 0 bridgehead atoms. The Hall–Kier alpha value is -3.61. The van der Waals surface area contributed by atoms with Gasteiger partial charge in [0.1, 0.15) is 25.9 Å². The molecule has 7 heteroatoms. The summed E-state index contributed by atoms with van der Waals surface area (Å²) in [5, 5.41) is 7.22. The number of nitrogens with zero attached hydrogens (tertiary/aromatic N) is 3. The molecule has 2 aromatic carbocycles. The number of nitrogens with one attached hydrogen (secondary N) is 1. The van der Waals surface area contributed by atoms with Crippen molar-refractivity contribution in [1.29, 1.82) is 0 Å². The lowest BCUT2D eigenvalue weighted by Crippen LogP contribution is -2.38. The summed E-state index contributed by atoms with van der Waals surface area (Å²) in [5.41, 5.74) is 2.02. The van der Waals surface area contributed by atoms with Crippen LogP contribution in [0.4, 0.5) is 0 Å². The van der Waals surface area contributed by atoms with Crippen molar-refractivity contribution >= 4 is 12.0 Å². The molecule has 1 aliphatic heterocycles. The molecule has 1 N–H and O–H groups in total. The molecule has 1 aliphatic rings. The van der Waals surface area contributed by atoms with E-state index in [9.17, 15) is 4.79 Å². The first-order valence-electron chi connectivity index (χ1n) is 9.51. The number of amides is 1. The minimum absolute atomic E-state index is 0.114. The lowest BCUT2D eigenvalue weighted by molar-refractivity contribution is -0.117. The zero-order valence-corrected chi connectivity index (χ0v) is 15.9. The van der Waals surface area contributed by atoms with Crippen LogP contribution in [0.25, 0.3) is 6.08 Å². The van der Waals surface area contributed by atoms with E-state index in [1.165, 1.54) is 12.4 Å². The fourth-order valence-electron chi connectivity index (χ4n) is 3.20. The Labute approximate surface area is 169 Å². The molecule has 0 spiro atoms. The maximum atomic E-state index is 12.5. The summed E-state index contributed by atoms with van der Waals surface area (Å²) < 4.78 is 12.8. The summed E-state index contributed by atoms with van der Waals surface area (Å²) in [5.74, 6) is 1.27. The largest absolute Gasteiger partial charge is 0.486 e. The maximum Gasteiger partial charge on any atom is 0.244 e. The number of hydrogen-bond acceptors (Lipinski definition) is 5. The maximum absolute atomic E-state index is 12.5. The van der Waals surface area contributed by atoms with Gasteiger partial charge in [0.25, 0.3) is 0 Å². The van der Waals surface area contributed by atoms with Gasteiger partial charge in [0, 0.05) is 6.08 Å². The fourth-order valence-corrected chi connectivity index (χ4v) is 3.20. The standard InChI is InChI=1S/C22H22N4O3/c27-22(9-7-18-6-8-20-21(13-18)29-11-10-28-20)25-19(14-26-16-23-15-24-26)12-17-4-2-1-3-5-17/h1-9,13,15-16,19H,10-12,14H2,(H,25,27)/b9-7+. The Morgan fingerprint density at radius 3 is 2.76 bits per heavy atom. The van der Waals surface area contributed by atoms with Gasteiger partial charge in [0.15, 0.2) is 11.5 Å². The molecule has 0 radical (unpaired) electrons. The lowest BCUT2D eigenvalue weighted by Gasteiger charge is -2.18. The molecule has 1 amide bonds. The van der Waals surface area contributed by atoms with Gasteiger partial charge in [-0.3, -0.25) is 9.48 Å². The van der Waals surface area contributed by atoms with E-state index in [-0.39, 0.29) is 11.9 Å². The van der Waals surface area contributed by atoms with Crippen molar-refractivity contribution in [2.75, 3.05) is 13.2 Å². The number of fused-ring (bicyclic) bond motifs is 1. The van der Waals surface area contributed by atoms with E-state index >= 15 is 0 Å². The average molecular weight is 390 g/mol. The Morgan fingerprint density at radius 1 is 1.14 bits per heavy atom. The number of hydrogen-bond donors (Lipinski definition) is 1. The van der Waals surface area contributed by atoms with Crippen molar-refractivity contribution < 1.29 is 14.3 Å². The van der Waals surface area contributed by atoms with Crippen LogP contribution in [-0.4, -0.2) is 39.9 Å². The second kappa shape index (κ2) is 9.05. The molecule has 0 fully saturated rings. The van der Waals surface area contributed by atoms with Gasteiger partial charge in [-0.1, -0.05) is 36.4 Å². The molecule has 0 saturated heterocycles. The molecule has 1 aromatic heterocycles. The predicted octanol–water partition coefficient (Wildman–Crippen LogP) is 2.49. The monoisotopic (exact) mass is 390 g/mol. The van der Waals surface area contributed by atoms with Gasteiger partial charge in [-0.05, 0) is 35.8 Å². The first-order chi connectivity index (χ1) is 14.3. The highest BCUT2D eigenvalue weighted by Crippen LogP contribution is 2.31. The third kappa shape index (κ3) is 5.22. The van der Waals surface area contributed by atoms with Crippen molar-refractivity contribution in [3.8, 4) is 11.5 Å². The fraction of sp³-hybridized carbons (Fsp3) is 0.227. The van der Waals surface area contributed by atoms with Crippen LogP contribution >= 0.6 is 0 Å². The summed E-state index contributed by atoms with van der Waals surface area (Å²) in [6, 6.07) is 15.6. The Morgan fingerprint density at radius 2 is 1.97 bits per heavy atom. The lowest BCUT2D eigenvalue weighted by atomic mass is 10.1. The van der Waals surface area contributed by atoms with Crippen molar-refractivity contribution in [3.63, 3.8) is 0 Å². The van der Waals surface area contributed by atoms with Crippen LogP contribution in [0, 0.1) is 0 Å². The summed E-state index contributed by atoms with van der Waals surface area (Å²) >= 11 is 0. The third-order valence-electron chi connectivity index (χ3n) is 4.54. The second-order valence-corrected chi connectivity index (χ2v) is 6.75. The van der Waals surface area contributed by atoms with Gasteiger partial charge < -0.3 is 14.8 Å². The first-order valence-corrected chi connectivity index (χ1v) is 9.51. The third-order valence-corrected chi connectivity index (χ3v) is 4.54. The van der Waals surface area contributed by atoms with Gasteiger partial charge in [-0.15, -0.1) is 0 Å². The summed E-state index contributed by atoms with van der Waals surface area (Å²) in [6.45, 7) is 1.63. The first kappa shape index (κ1) is 18.7. The highest BCUT2D eigenvalue weighted by molar-refractivity contribution is 5.92. The highest BCUT2D eigenvalue weighted by atomic mass is 16.6. The molecule has 7 nitrogen and oxygen atoms in total. The quantitative estimate of drug-likeness (QED) is 0.627. The molecule has 0 saturated carbocycles. The molecule has 29 heavy (non-hydrogen) atoms. The second-order valence-electron chi connectivity index (χ2n) is 6.75. The zero-order chi connectivity index (χ0) is 19.9. The van der Waals surface area contributed by atoms with Gasteiger partial charge in [-0.25, -0.2) is 4.98 Å². The van der Waals surface area contributed by atoms with Gasteiger partial charge in [-0.2, -0.15) is 5.10 Å². The minimum atomic E-state index is -0.166. The smallest absolute Gasteiger partial charge is 0.244 e. The predicted molar refractivity (Wildman–Crippen MR) is 109 cm³/mol. The molecule has 2 heterocycles. The van der Waals surface area contributed by atoms with E-state index in [0.29, 0.717) is 31.9 Å². The van der Waals surface area contributed by atoms with Crippen LogP contribution in [0.5, 0.6) is 11.5 Å². The van der Waals surface area contributed by atoms with Crippen LogP contribution in [-0.2, 0) is 17.8 Å². The van der Waals surface area contributed by atoms with Crippen LogP contribution < -0.4 is 14.8 Å². The normalized spacial score (nSPS) is 13.9. The van der Waals surface area contributed by atoms with Crippen LogP contribution in [0.15, 0.2) is 67.3 Å². The van der Waals surface area contributed by atoms with E-state index in [0.717, 1.165) is 16.9 Å².